The second-order valence-electron chi connectivity index (χ2n) is 1.77. The Kier molecular flexibility index (Phi) is 4.38. The highest BCUT2D eigenvalue weighted by molar-refractivity contribution is 4.41. The largest absolute Gasteiger partial charge is 0.381 e. The molecule has 0 amide bonds. The zero-order chi connectivity index (χ0) is 8.04. The summed E-state index contributed by atoms with van der Waals surface area (Å²) in [6.07, 6.45) is -2.85. The Labute approximate surface area is 56.6 Å². The molecule has 1 aliphatic heterocycles. The van der Waals surface area contributed by atoms with Crippen molar-refractivity contribution >= 4 is 0 Å². The van der Waals surface area contributed by atoms with E-state index in [1.807, 2.05) is 0 Å². The van der Waals surface area contributed by atoms with Gasteiger partial charge in [0.2, 0.25) is 0 Å². The first-order valence-electron chi connectivity index (χ1n) is 2.80. The van der Waals surface area contributed by atoms with Crippen molar-refractivity contribution in [3.8, 4) is 0 Å². The van der Waals surface area contributed by atoms with Crippen molar-refractivity contribution in [1.29, 1.82) is 0 Å². The van der Waals surface area contributed by atoms with E-state index in [0.29, 0.717) is 0 Å². The molecule has 1 aliphatic rings. The van der Waals surface area contributed by atoms with Gasteiger partial charge in [-0.15, -0.1) is 0 Å². The molecule has 0 radical (unpaired) electrons. The SMILES string of the molecule is C1COC1.OC(F)(F)CF. The summed E-state index contributed by atoms with van der Waals surface area (Å²) in [6, 6.07) is 0. The molecule has 2 nitrogen and oxygen atoms in total. The zero-order valence-electron chi connectivity index (χ0n) is 5.32. The van der Waals surface area contributed by atoms with E-state index in [4.69, 9.17) is 9.84 Å². The minimum atomic E-state index is -4.12. The van der Waals surface area contributed by atoms with Gasteiger partial charge in [0.1, 0.15) is 0 Å². The summed E-state index contributed by atoms with van der Waals surface area (Å²) in [6.45, 7) is -0.00694. The van der Waals surface area contributed by atoms with Gasteiger partial charge in [0.25, 0.3) is 0 Å². The predicted molar refractivity (Wildman–Crippen MR) is 28.6 cm³/mol. The van der Waals surface area contributed by atoms with Crippen molar-refractivity contribution in [3.63, 3.8) is 0 Å². The summed E-state index contributed by atoms with van der Waals surface area (Å²) < 4.78 is 36.5. The number of aliphatic hydroxyl groups is 1. The van der Waals surface area contributed by atoms with E-state index in [2.05, 4.69) is 0 Å². The Morgan fingerprint density at radius 2 is 1.60 bits per heavy atom. The highest BCUT2D eigenvalue weighted by Crippen LogP contribution is 2.06. The van der Waals surface area contributed by atoms with E-state index in [1.165, 1.54) is 6.42 Å². The van der Waals surface area contributed by atoms with Crippen LogP contribution in [0.1, 0.15) is 6.42 Å². The summed E-state index contributed by atoms with van der Waals surface area (Å²) in [5.74, 6) is 0. The van der Waals surface area contributed by atoms with Gasteiger partial charge in [0, 0.05) is 13.2 Å². The van der Waals surface area contributed by atoms with Crippen LogP contribution in [0.25, 0.3) is 0 Å². The van der Waals surface area contributed by atoms with Crippen LogP contribution in [-0.4, -0.2) is 31.1 Å². The van der Waals surface area contributed by atoms with Crippen molar-refractivity contribution in [1.82, 2.24) is 0 Å². The van der Waals surface area contributed by atoms with Gasteiger partial charge < -0.3 is 9.84 Å². The molecule has 0 spiro atoms. The van der Waals surface area contributed by atoms with E-state index in [-0.39, 0.29) is 0 Å². The summed E-state index contributed by atoms with van der Waals surface area (Å²) in [5, 5.41) is 7.12. The first-order valence-corrected chi connectivity index (χ1v) is 2.80. The average Bonchev–Trinajstić information content (AvgIpc) is 1.59. The molecule has 0 aliphatic carbocycles. The third-order valence-electron chi connectivity index (χ3n) is 0.738. The third-order valence-corrected chi connectivity index (χ3v) is 0.738. The minimum absolute atomic E-state index is 1.00. The molecule has 1 heterocycles. The fourth-order valence-electron chi connectivity index (χ4n) is 0.144. The minimum Gasteiger partial charge on any atom is -0.381 e. The van der Waals surface area contributed by atoms with Gasteiger partial charge in [-0.25, -0.2) is 4.39 Å². The molecule has 0 aromatic rings. The van der Waals surface area contributed by atoms with Crippen molar-refractivity contribution in [2.24, 2.45) is 0 Å². The van der Waals surface area contributed by atoms with Gasteiger partial charge in [-0.2, -0.15) is 8.78 Å². The normalized spacial score (nSPS) is 16.8. The molecule has 0 aromatic heterocycles. The average molecular weight is 158 g/mol. The fourth-order valence-corrected chi connectivity index (χ4v) is 0.144. The molecule has 0 bridgehead atoms. The Bertz CT molecular complexity index is 73.5. The molecule has 0 atom stereocenters. The summed E-state index contributed by atoms with van der Waals surface area (Å²) in [7, 11) is 0. The highest BCUT2D eigenvalue weighted by atomic mass is 19.3. The topological polar surface area (TPSA) is 29.5 Å². The van der Waals surface area contributed by atoms with Gasteiger partial charge in [-0.3, -0.25) is 0 Å². The van der Waals surface area contributed by atoms with E-state index < -0.39 is 12.8 Å². The number of rotatable bonds is 1. The smallest absolute Gasteiger partial charge is 0.381 e. The molecule has 1 rings (SSSR count). The number of ether oxygens (including phenoxy) is 1. The second kappa shape index (κ2) is 4.51. The van der Waals surface area contributed by atoms with Crippen LogP contribution in [0.15, 0.2) is 0 Å². The van der Waals surface area contributed by atoms with Gasteiger partial charge in [0.15, 0.2) is 6.67 Å². The number of alkyl halides is 3. The Morgan fingerprint density at radius 3 is 1.60 bits per heavy atom. The fraction of sp³-hybridized carbons (Fsp3) is 1.00. The number of hydrogen-bond acceptors (Lipinski definition) is 2. The van der Waals surface area contributed by atoms with E-state index in [0.717, 1.165) is 13.2 Å². The van der Waals surface area contributed by atoms with Crippen LogP contribution in [-0.2, 0) is 4.74 Å². The van der Waals surface area contributed by atoms with Crippen molar-refractivity contribution in [3.05, 3.63) is 0 Å². The van der Waals surface area contributed by atoms with E-state index in [1.54, 1.807) is 0 Å². The maximum Gasteiger partial charge on any atom is 0.381 e. The lowest BCUT2D eigenvalue weighted by molar-refractivity contribution is -0.208. The molecule has 1 saturated heterocycles. The molecule has 62 valence electrons. The lowest BCUT2D eigenvalue weighted by Gasteiger charge is -2.09. The quantitative estimate of drug-likeness (QED) is 0.615. The van der Waals surface area contributed by atoms with Crippen LogP contribution in [0.2, 0.25) is 0 Å². The van der Waals surface area contributed by atoms with Crippen LogP contribution >= 0.6 is 0 Å². The monoisotopic (exact) mass is 158 g/mol. The van der Waals surface area contributed by atoms with Crippen molar-refractivity contribution in [2.45, 2.75) is 12.5 Å². The van der Waals surface area contributed by atoms with Gasteiger partial charge in [0.05, 0.1) is 0 Å². The summed E-state index contributed by atoms with van der Waals surface area (Å²) >= 11 is 0. The molecule has 10 heavy (non-hydrogen) atoms. The maximum atomic E-state index is 10.6. The lowest BCUT2D eigenvalue weighted by atomic mass is 10.4. The molecule has 1 N–H and O–H groups in total. The predicted octanol–water partition coefficient (Wildman–Crippen LogP) is 0.948. The molecular weight excluding hydrogens is 149 g/mol. The lowest BCUT2D eigenvalue weighted by Crippen LogP contribution is -2.15. The summed E-state index contributed by atoms with van der Waals surface area (Å²) in [4.78, 5) is 0. The Hall–Kier alpha value is -0.290. The van der Waals surface area contributed by atoms with Gasteiger partial charge in [-0.05, 0) is 6.42 Å². The first kappa shape index (κ1) is 9.71. The second-order valence-corrected chi connectivity index (χ2v) is 1.77. The first-order chi connectivity index (χ1) is 4.56. The molecule has 0 saturated carbocycles. The van der Waals surface area contributed by atoms with Crippen molar-refractivity contribution < 1.29 is 23.0 Å². The molecule has 5 heteroatoms. The number of halogens is 3. The van der Waals surface area contributed by atoms with Crippen LogP contribution in [0, 0.1) is 0 Å². The summed E-state index contributed by atoms with van der Waals surface area (Å²) in [5.41, 5.74) is 0. The standard InChI is InChI=1S/C3H6O.C2H3F3O/c1-2-4-3-1;3-1-2(4,5)6/h1-3H2;6H,1H2. The molecule has 1 fully saturated rings. The van der Waals surface area contributed by atoms with Crippen LogP contribution in [0.5, 0.6) is 0 Å². The highest BCUT2D eigenvalue weighted by Gasteiger charge is 2.22. The van der Waals surface area contributed by atoms with E-state index >= 15 is 0 Å². The van der Waals surface area contributed by atoms with Crippen molar-refractivity contribution in [2.75, 3.05) is 19.9 Å². The third kappa shape index (κ3) is 7.71. The molecule has 0 unspecified atom stereocenters. The van der Waals surface area contributed by atoms with Gasteiger partial charge >= 0.3 is 6.11 Å². The Balaban J connectivity index is 0.000000172. The molecular formula is C5H9F3O2. The zero-order valence-corrected chi connectivity index (χ0v) is 5.32. The van der Waals surface area contributed by atoms with E-state index in [9.17, 15) is 13.2 Å². The van der Waals surface area contributed by atoms with Gasteiger partial charge in [-0.1, -0.05) is 0 Å². The maximum absolute atomic E-state index is 10.6. The number of hydrogen-bond donors (Lipinski definition) is 1. The van der Waals surface area contributed by atoms with Crippen LogP contribution in [0.3, 0.4) is 0 Å². The van der Waals surface area contributed by atoms with Crippen LogP contribution < -0.4 is 0 Å². The molecule has 0 aromatic carbocycles. The Morgan fingerprint density at radius 1 is 1.40 bits per heavy atom. The van der Waals surface area contributed by atoms with Crippen LogP contribution in [0.4, 0.5) is 13.2 Å².